The van der Waals surface area contributed by atoms with Gasteiger partial charge in [0.05, 0.1) is 17.3 Å². The second-order valence-corrected chi connectivity index (χ2v) is 4.88. The average molecular weight is 265 g/mol. The Kier molecular flexibility index (Phi) is 4.86. The summed E-state index contributed by atoms with van der Waals surface area (Å²) in [6.07, 6.45) is 0. The van der Waals surface area contributed by atoms with Gasteiger partial charge in [0.25, 0.3) is 0 Å². The van der Waals surface area contributed by atoms with Gasteiger partial charge in [-0.3, -0.25) is 9.88 Å². The van der Waals surface area contributed by atoms with Crippen molar-refractivity contribution in [2.24, 2.45) is 0 Å². The molecule has 2 rings (SSSR count). The first-order chi connectivity index (χ1) is 9.71. The zero-order valence-corrected chi connectivity index (χ0v) is 12.0. The van der Waals surface area contributed by atoms with Crippen molar-refractivity contribution in [3.63, 3.8) is 0 Å². The predicted octanol–water partition coefficient (Wildman–Crippen LogP) is 3.28. The molecule has 0 unspecified atom stereocenters. The van der Waals surface area contributed by atoms with Crippen molar-refractivity contribution in [2.75, 3.05) is 6.54 Å². The molecule has 0 radical (unpaired) electrons. The molecular formula is C17H19N3. The molecule has 0 spiro atoms. The van der Waals surface area contributed by atoms with Crippen LogP contribution in [0.1, 0.15) is 29.4 Å². The average Bonchev–Trinajstić information content (AvgIpc) is 2.47. The molecule has 0 N–H and O–H groups in total. The van der Waals surface area contributed by atoms with E-state index in [4.69, 9.17) is 5.26 Å². The maximum atomic E-state index is 8.81. The van der Waals surface area contributed by atoms with Crippen LogP contribution in [0.2, 0.25) is 0 Å². The number of hydrogen-bond donors (Lipinski definition) is 0. The molecule has 0 aliphatic rings. The lowest BCUT2D eigenvalue weighted by atomic mass is 10.1. The molecule has 1 heterocycles. The highest BCUT2D eigenvalue weighted by molar-refractivity contribution is 5.31. The summed E-state index contributed by atoms with van der Waals surface area (Å²) in [5, 5.41) is 8.81. The minimum Gasteiger partial charge on any atom is -0.294 e. The van der Waals surface area contributed by atoms with Crippen LogP contribution in [-0.4, -0.2) is 16.4 Å². The summed E-state index contributed by atoms with van der Waals surface area (Å²) in [5.74, 6) is 0. The Hall–Kier alpha value is -2.18. The molecule has 0 saturated carbocycles. The van der Waals surface area contributed by atoms with Gasteiger partial charge in [-0.1, -0.05) is 25.1 Å². The number of aromatic nitrogens is 1. The molecule has 2 aromatic rings. The lowest BCUT2D eigenvalue weighted by Crippen LogP contribution is -2.22. The first kappa shape index (κ1) is 14.2. The largest absolute Gasteiger partial charge is 0.294 e. The van der Waals surface area contributed by atoms with Gasteiger partial charge in [0.2, 0.25) is 0 Å². The smallest absolute Gasteiger partial charge is 0.0991 e. The van der Waals surface area contributed by atoms with Crippen molar-refractivity contribution in [2.45, 2.75) is 26.9 Å². The topological polar surface area (TPSA) is 39.9 Å². The zero-order valence-electron chi connectivity index (χ0n) is 12.0. The van der Waals surface area contributed by atoms with E-state index < -0.39 is 0 Å². The fourth-order valence-corrected chi connectivity index (χ4v) is 2.14. The van der Waals surface area contributed by atoms with Gasteiger partial charge in [0, 0.05) is 18.8 Å². The van der Waals surface area contributed by atoms with E-state index in [0.29, 0.717) is 5.56 Å². The van der Waals surface area contributed by atoms with Crippen LogP contribution in [-0.2, 0) is 13.1 Å². The van der Waals surface area contributed by atoms with E-state index in [1.165, 1.54) is 5.56 Å². The summed E-state index contributed by atoms with van der Waals surface area (Å²) < 4.78 is 0. The second kappa shape index (κ2) is 6.83. The van der Waals surface area contributed by atoms with Gasteiger partial charge in [-0.25, -0.2) is 0 Å². The van der Waals surface area contributed by atoms with Gasteiger partial charge >= 0.3 is 0 Å². The lowest BCUT2D eigenvalue weighted by molar-refractivity contribution is 0.268. The maximum Gasteiger partial charge on any atom is 0.0991 e. The van der Waals surface area contributed by atoms with Crippen LogP contribution in [0.15, 0.2) is 42.5 Å². The number of aryl methyl sites for hydroxylation is 1. The molecule has 0 aliphatic carbocycles. The lowest BCUT2D eigenvalue weighted by Gasteiger charge is -2.20. The highest BCUT2D eigenvalue weighted by atomic mass is 15.1. The van der Waals surface area contributed by atoms with Crippen LogP contribution in [0.4, 0.5) is 0 Å². The van der Waals surface area contributed by atoms with Crippen molar-refractivity contribution < 1.29 is 0 Å². The Balaban J connectivity index is 2.03. The SMILES string of the molecule is CCN(Cc1ccc(C#N)cc1)Cc1cccc(C)n1. The predicted molar refractivity (Wildman–Crippen MR) is 79.9 cm³/mol. The Bertz CT molecular complexity index is 596. The summed E-state index contributed by atoms with van der Waals surface area (Å²) in [6.45, 7) is 6.85. The van der Waals surface area contributed by atoms with E-state index in [0.717, 1.165) is 31.0 Å². The molecule has 0 saturated heterocycles. The third-order valence-electron chi connectivity index (χ3n) is 3.27. The summed E-state index contributed by atoms with van der Waals surface area (Å²) >= 11 is 0. The molecule has 0 bridgehead atoms. The van der Waals surface area contributed by atoms with Gasteiger partial charge in [0.1, 0.15) is 0 Å². The van der Waals surface area contributed by atoms with Gasteiger partial charge < -0.3 is 0 Å². The Morgan fingerprint density at radius 1 is 1.10 bits per heavy atom. The Morgan fingerprint density at radius 3 is 2.45 bits per heavy atom. The van der Waals surface area contributed by atoms with Gasteiger partial charge in [-0.2, -0.15) is 5.26 Å². The first-order valence-corrected chi connectivity index (χ1v) is 6.85. The number of rotatable bonds is 5. The van der Waals surface area contributed by atoms with E-state index >= 15 is 0 Å². The van der Waals surface area contributed by atoms with E-state index in [9.17, 15) is 0 Å². The van der Waals surface area contributed by atoms with E-state index in [1.807, 2.05) is 43.3 Å². The summed E-state index contributed by atoms with van der Waals surface area (Å²) in [4.78, 5) is 6.88. The number of hydrogen-bond acceptors (Lipinski definition) is 3. The number of nitrogens with zero attached hydrogens (tertiary/aromatic N) is 3. The minimum atomic E-state index is 0.706. The molecule has 3 heteroatoms. The third-order valence-corrected chi connectivity index (χ3v) is 3.27. The Morgan fingerprint density at radius 2 is 1.85 bits per heavy atom. The van der Waals surface area contributed by atoms with Crippen LogP contribution in [0.3, 0.4) is 0 Å². The molecule has 0 aliphatic heterocycles. The van der Waals surface area contributed by atoms with E-state index in [-0.39, 0.29) is 0 Å². The van der Waals surface area contributed by atoms with Crippen molar-refractivity contribution in [3.8, 4) is 6.07 Å². The normalized spacial score (nSPS) is 10.5. The Labute approximate surface area is 120 Å². The highest BCUT2D eigenvalue weighted by Gasteiger charge is 2.06. The number of benzene rings is 1. The highest BCUT2D eigenvalue weighted by Crippen LogP contribution is 2.10. The van der Waals surface area contributed by atoms with Gasteiger partial charge in [0.15, 0.2) is 0 Å². The molecule has 0 atom stereocenters. The quantitative estimate of drug-likeness (QED) is 0.833. The van der Waals surface area contributed by atoms with Crippen LogP contribution in [0.5, 0.6) is 0 Å². The van der Waals surface area contributed by atoms with Crippen molar-refractivity contribution in [3.05, 3.63) is 65.0 Å². The van der Waals surface area contributed by atoms with Crippen LogP contribution in [0, 0.1) is 18.3 Å². The van der Waals surface area contributed by atoms with E-state index in [2.05, 4.69) is 28.9 Å². The van der Waals surface area contributed by atoms with Crippen molar-refractivity contribution in [1.29, 1.82) is 5.26 Å². The number of pyridine rings is 1. The number of nitriles is 1. The molecule has 0 amide bonds. The molecule has 20 heavy (non-hydrogen) atoms. The fraction of sp³-hybridized carbons (Fsp3) is 0.294. The van der Waals surface area contributed by atoms with Crippen LogP contribution >= 0.6 is 0 Å². The van der Waals surface area contributed by atoms with Crippen LogP contribution < -0.4 is 0 Å². The second-order valence-electron chi connectivity index (χ2n) is 4.88. The van der Waals surface area contributed by atoms with Crippen molar-refractivity contribution in [1.82, 2.24) is 9.88 Å². The molecular weight excluding hydrogens is 246 g/mol. The monoisotopic (exact) mass is 265 g/mol. The van der Waals surface area contributed by atoms with Crippen molar-refractivity contribution >= 4 is 0 Å². The maximum absolute atomic E-state index is 8.81. The molecule has 1 aromatic heterocycles. The minimum absolute atomic E-state index is 0.706. The third kappa shape index (κ3) is 3.91. The zero-order chi connectivity index (χ0) is 14.4. The molecule has 0 fully saturated rings. The summed E-state index contributed by atoms with van der Waals surface area (Å²) in [7, 11) is 0. The first-order valence-electron chi connectivity index (χ1n) is 6.85. The summed E-state index contributed by atoms with van der Waals surface area (Å²) in [5.41, 5.74) is 4.08. The van der Waals surface area contributed by atoms with Gasteiger partial charge in [-0.15, -0.1) is 0 Å². The molecule has 1 aromatic carbocycles. The standard InChI is InChI=1S/C17H19N3/c1-3-20(13-17-6-4-5-14(2)19-17)12-16-9-7-15(11-18)8-10-16/h4-10H,3,12-13H2,1-2H3. The fourth-order valence-electron chi connectivity index (χ4n) is 2.14. The molecule has 3 nitrogen and oxygen atoms in total. The van der Waals surface area contributed by atoms with Gasteiger partial charge in [-0.05, 0) is 43.3 Å². The van der Waals surface area contributed by atoms with Crippen LogP contribution in [0.25, 0.3) is 0 Å². The van der Waals surface area contributed by atoms with E-state index in [1.54, 1.807) is 0 Å². The molecule has 102 valence electrons. The summed E-state index contributed by atoms with van der Waals surface area (Å²) in [6, 6.07) is 16.0.